The van der Waals surface area contributed by atoms with Crippen molar-refractivity contribution in [1.29, 1.82) is 0 Å². The van der Waals surface area contributed by atoms with Crippen molar-refractivity contribution in [3.05, 3.63) is 23.7 Å². The summed E-state index contributed by atoms with van der Waals surface area (Å²) >= 11 is 0. The fraction of sp³-hybridized carbons (Fsp3) is 0.778. The average molecular weight is 292 g/mol. The molecule has 0 spiro atoms. The van der Waals surface area contributed by atoms with Gasteiger partial charge < -0.3 is 9.31 Å². The van der Waals surface area contributed by atoms with Gasteiger partial charge in [0.2, 0.25) is 0 Å². The molecule has 1 heterocycles. The zero-order chi connectivity index (χ0) is 16.1. The van der Waals surface area contributed by atoms with E-state index in [2.05, 4.69) is 48.1 Å². The van der Waals surface area contributed by atoms with Gasteiger partial charge in [-0.05, 0) is 58.9 Å². The highest BCUT2D eigenvalue weighted by Crippen LogP contribution is 2.40. The molecule has 0 amide bonds. The van der Waals surface area contributed by atoms with Crippen LogP contribution in [0.3, 0.4) is 0 Å². The van der Waals surface area contributed by atoms with Crippen molar-refractivity contribution >= 4 is 7.12 Å². The van der Waals surface area contributed by atoms with E-state index in [9.17, 15) is 0 Å². The van der Waals surface area contributed by atoms with Crippen LogP contribution in [0.5, 0.6) is 0 Å². The summed E-state index contributed by atoms with van der Waals surface area (Å²) in [5.41, 5.74) is 2.37. The molecule has 1 saturated heterocycles. The van der Waals surface area contributed by atoms with Gasteiger partial charge in [-0.3, -0.25) is 0 Å². The van der Waals surface area contributed by atoms with Crippen molar-refractivity contribution in [2.24, 2.45) is 0 Å². The third kappa shape index (κ3) is 4.47. The molecule has 0 aliphatic carbocycles. The second-order valence-corrected chi connectivity index (χ2v) is 7.04. The molecule has 1 fully saturated rings. The van der Waals surface area contributed by atoms with Crippen molar-refractivity contribution in [1.82, 2.24) is 0 Å². The quantitative estimate of drug-likeness (QED) is 0.435. The van der Waals surface area contributed by atoms with Crippen LogP contribution < -0.4 is 0 Å². The maximum atomic E-state index is 6.28. The van der Waals surface area contributed by atoms with Gasteiger partial charge in [0.1, 0.15) is 0 Å². The summed E-state index contributed by atoms with van der Waals surface area (Å²) in [4.78, 5) is 0. The first-order valence-corrected chi connectivity index (χ1v) is 8.46. The molecule has 1 aliphatic rings. The van der Waals surface area contributed by atoms with E-state index in [4.69, 9.17) is 9.31 Å². The predicted molar refractivity (Wildman–Crippen MR) is 92.4 cm³/mol. The van der Waals surface area contributed by atoms with Gasteiger partial charge in [0.05, 0.1) is 11.2 Å². The molecule has 0 aromatic rings. The monoisotopic (exact) mass is 292 g/mol. The Hall–Kier alpha value is -0.535. The summed E-state index contributed by atoms with van der Waals surface area (Å²) in [5, 5.41) is 0. The summed E-state index contributed by atoms with van der Waals surface area (Å²) in [6.07, 6.45) is 8.60. The van der Waals surface area contributed by atoms with Gasteiger partial charge in [-0.2, -0.15) is 0 Å². The normalized spacial score (nSPS) is 21.3. The van der Waals surface area contributed by atoms with E-state index >= 15 is 0 Å². The van der Waals surface area contributed by atoms with Gasteiger partial charge >= 0.3 is 7.12 Å². The number of hydrogen-bond acceptors (Lipinski definition) is 2. The van der Waals surface area contributed by atoms with Crippen LogP contribution in [-0.4, -0.2) is 18.3 Å². The van der Waals surface area contributed by atoms with Gasteiger partial charge in [0.25, 0.3) is 0 Å². The molecule has 0 aromatic carbocycles. The predicted octanol–water partition coefficient (Wildman–Crippen LogP) is 5.48. The molecule has 0 saturated carbocycles. The number of rotatable bonds is 8. The molecule has 0 radical (unpaired) electrons. The van der Waals surface area contributed by atoms with Gasteiger partial charge in [0, 0.05) is 0 Å². The van der Waals surface area contributed by atoms with Crippen LogP contribution in [0, 0.1) is 0 Å². The average Bonchev–Trinajstić information content (AvgIpc) is 2.61. The molecule has 0 bridgehead atoms. The van der Waals surface area contributed by atoms with E-state index in [0.29, 0.717) is 0 Å². The first kappa shape index (κ1) is 18.5. The lowest BCUT2D eigenvalue weighted by Crippen LogP contribution is -2.41. The Morgan fingerprint density at radius 1 is 0.952 bits per heavy atom. The van der Waals surface area contributed by atoms with E-state index in [1.54, 1.807) is 0 Å². The summed E-state index contributed by atoms with van der Waals surface area (Å²) in [6, 6.07) is 0. The molecular weight excluding hydrogens is 259 g/mol. The lowest BCUT2D eigenvalue weighted by Gasteiger charge is -2.32. The van der Waals surface area contributed by atoms with Crippen LogP contribution in [0.2, 0.25) is 0 Å². The van der Waals surface area contributed by atoms with Gasteiger partial charge in [-0.1, -0.05) is 38.3 Å². The topological polar surface area (TPSA) is 18.5 Å². The second kappa shape index (κ2) is 7.64. The summed E-state index contributed by atoms with van der Waals surface area (Å²) in [6.45, 7) is 16.8. The van der Waals surface area contributed by atoms with Gasteiger partial charge in [0.15, 0.2) is 0 Å². The Morgan fingerprint density at radius 3 is 1.90 bits per heavy atom. The molecule has 0 unspecified atom stereocenters. The molecular formula is C18H33BO2. The summed E-state index contributed by atoms with van der Waals surface area (Å²) < 4.78 is 12.6. The molecule has 0 atom stereocenters. The van der Waals surface area contributed by atoms with Crippen LogP contribution in [-0.2, 0) is 9.31 Å². The van der Waals surface area contributed by atoms with E-state index in [-0.39, 0.29) is 18.3 Å². The third-order valence-electron chi connectivity index (χ3n) is 4.71. The fourth-order valence-corrected chi connectivity index (χ4v) is 2.74. The SMILES string of the molecule is C=CCC/C(CCC)=C(\CCC)B1OC(C)(C)C(C)(C)O1. The van der Waals surface area contributed by atoms with Gasteiger partial charge in [-0.25, -0.2) is 0 Å². The highest BCUT2D eigenvalue weighted by molar-refractivity contribution is 6.54. The van der Waals surface area contributed by atoms with Crippen LogP contribution in [0.4, 0.5) is 0 Å². The largest absolute Gasteiger partial charge is 0.490 e. The summed E-state index contributed by atoms with van der Waals surface area (Å²) in [5.74, 6) is 0. The van der Waals surface area contributed by atoms with Crippen LogP contribution in [0.1, 0.15) is 80.1 Å². The first-order chi connectivity index (χ1) is 9.79. The van der Waals surface area contributed by atoms with E-state index < -0.39 is 0 Å². The van der Waals surface area contributed by atoms with E-state index in [0.717, 1.165) is 32.1 Å². The molecule has 1 aliphatic heterocycles. The van der Waals surface area contributed by atoms with Gasteiger partial charge in [-0.15, -0.1) is 6.58 Å². The molecule has 3 heteroatoms. The number of hydrogen-bond donors (Lipinski definition) is 0. The van der Waals surface area contributed by atoms with Crippen molar-refractivity contribution < 1.29 is 9.31 Å². The first-order valence-electron chi connectivity index (χ1n) is 8.46. The van der Waals surface area contributed by atoms with E-state index in [1.165, 1.54) is 17.5 Å². The molecule has 1 rings (SSSR count). The summed E-state index contributed by atoms with van der Waals surface area (Å²) in [7, 11) is -0.179. The fourth-order valence-electron chi connectivity index (χ4n) is 2.74. The van der Waals surface area contributed by atoms with E-state index in [1.807, 2.05) is 6.08 Å². The van der Waals surface area contributed by atoms with Crippen molar-refractivity contribution in [3.63, 3.8) is 0 Å². The minimum absolute atomic E-state index is 0.179. The molecule has 0 N–H and O–H groups in total. The molecule has 120 valence electrons. The minimum atomic E-state index is -0.258. The molecule has 2 nitrogen and oxygen atoms in total. The van der Waals surface area contributed by atoms with Crippen LogP contribution in [0.25, 0.3) is 0 Å². The van der Waals surface area contributed by atoms with Crippen LogP contribution >= 0.6 is 0 Å². The Balaban J connectivity index is 3.06. The highest BCUT2D eigenvalue weighted by atomic mass is 16.7. The van der Waals surface area contributed by atoms with Crippen molar-refractivity contribution in [2.75, 3.05) is 0 Å². The Morgan fingerprint density at radius 2 is 1.48 bits per heavy atom. The smallest absolute Gasteiger partial charge is 0.400 e. The molecule has 21 heavy (non-hydrogen) atoms. The lowest BCUT2D eigenvalue weighted by atomic mass is 9.71. The zero-order valence-electron chi connectivity index (χ0n) is 14.9. The molecule has 0 aromatic heterocycles. The Bertz CT molecular complexity index is 367. The zero-order valence-corrected chi connectivity index (χ0v) is 14.9. The highest BCUT2D eigenvalue weighted by Gasteiger charge is 2.52. The number of allylic oxidation sites excluding steroid dienone is 3. The van der Waals surface area contributed by atoms with Crippen molar-refractivity contribution in [2.45, 2.75) is 91.3 Å². The Kier molecular flexibility index (Phi) is 6.74. The maximum absolute atomic E-state index is 6.28. The van der Waals surface area contributed by atoms with Crippen LogP contribution in [0.15, 0.2) is 23.7 Å². The minimum Gasteiger partial charge on any atom is -0.400 e. The maximum Gasteiger partial charge on any atom is 0.490 e. The second-order valence-electron chi connectivity index (χ2n) is 7.04. The standard InChI is InChI=1S/C18H33BO2/c1-8-11-14-15(12-9-2)16(13-10-3)19-20-17(4,5)18(6,7)21-19/h8H,1,9-14H2,2-7H3/b16-15+. The third-order valence-corrected chi connectivity index (χ3v) is 4.71. The lowest BCUT2D eigenvalue weighted by molar-refractivity contribution is 0.00578. The van der Waals surface area contributed by atoms with Crippen molar-refractivity contribution in [3.8, 4) is 0 Å². The Labute approximate surface area is 132 Å².